The molecule has 0 aromatic heterocycles. The van der Waals surface area contributed by atoms with Crippen molar-refractivity contribution in [1.29, 1.82) is 0 Å². The van der Waals surface area contributed by atoms with Crippen molar-refractivity contribution in [2.75, 3.05) is 20.1 Å². The van der Waals surface area contributed by atoms with E-state index in [0.29, 0.717) is 13.3 Å². The largest absolute Gasteiger partial charge is 0.371 e. The summed E-state index contributed by atoms with van der Waals surface area (Å²) in [6.45, 7) is 4.33. The normalized spacial score (nSPS) is 9.12. The van der Waals surface area contributed by atoms with Crippen molar-refractivity contribution in [3.8, 4) is 0 Å². The monoisotopic (exact) mass is 117 g/mol. The molecule has 48 valence electrons. The Balaban J connectivity index is 2.62. The van der Waals surface area contributed by atoms with Gasteiger partial charge in [-0.1, -0.05) is 6.08 Å². The molecular weight excluding hydrogens is 106 g/mol. The molecule has 3 heteroatoms. The van der Waals surface area contributed by atoms with Crippen molar-refractivity contribution in [3.05, 3.63) is 12.7 Å². The van der Waals surface area contributed by atoms with Crippen LogP contribution in [0.3, 0.4) is 0 Å². The van der Waals surface area contributed by atoms with Crippen LogP contribution in [0.5, 0.6) is 0 Å². The van der Waals surface area contributed by atoms with E-state index >= 15 is 0 Å². The summed E-state index contributed by atoms with van der Waals surface area (Å²) in [5.74, 6) is 0. The number of hydrogen-bond donors (Lipinski definition) is 2. The van der Waals surface area contributed by atoms with Crippen LogP contribution in [0.25, 0.3) is 0 Å². The van der Waals surface area contributed by atoms with Crippen LogP contribution in [-0.2, 0) is 4.74 Å². The predicted octanol–water partition coefficient (Wildman–Crippen LogP) is -0.314. The Kier molecular flexibility index (Phi) is 6.31. The minimum absolute atomic E-state index is 0.232. The van der Waals surface area contributed by atoms with Gasteiger partial charge >= 0.3 is 0 Å². The van der Waals surface area contributed by atoms with Crippen LogP contribution in [-0.4, -0.2) is 25.2 Å². The Morgan fingerprint density at radius 1 is 1.75 bits per heavy atom. The Morgan fingerprint density at radius 2 is 2.50 bits per heavy atom. The Labute approximate surface area is 49.0 Å². The van der Waals surface area contributed by atoms with Crippen molar-refractivity contribution in [2.24, 2.45) is 0 Å². The van der Waals surface area contributed by atoms with Crippen LogP contribution in [0.4, 0.5) is 0 Å². The zero-order chi connectivity index (χ0) is 6.24. The molecule has 0 spiro atoms. The summed E-state index contributed by atoms with van der Waals surface area (Å²) in [5.41, 5.74) is 0. The van der Waals surface area contributed by atoms with Gasteiger partial charge in [-0.25, -0.2) is 0 Å². The van der Waals surface area contributed by atoms with E-state index in [1.54, 1.807) is 6.08 Å². The zero-order valence-electron chi connectivity index (χ0n) is 4.76. The fraction of sp³-hybridized carbons (Fsp3) is 0.600. The van der Waals surface area contributed by atoms with Gasteiger partial charge in [-0.15, -0.1) is 6.58 Å². The smallest absolute Gasteiger partial charge is 0.145 e. The van der Waals surface area contributed by atoms with Gasteiger partial charge in [-0.05, 0) is 0 Å². The quantitative estimate of drug-likeness (QED) is 0.295. The van der Waals surface area contributed by atoms with Crippen LogP contribution in [0.2, 0.25) is 0 Å². The summed E-state index contributed by atoms with van der Waals surface area (Å²) in [5, 5.41) is 10.9. The number of nitrogens with one attached hydrogen (secondary N) is 1. The van der Waals surface area contributed by atoms with E-state index in [9.17, 15) is 0 Å². The van der Waals surface area contributed by atoms with Crippen LogP contribution in [0.1, 0.15) is 0 Å². The van der Waals surface area contributed by atoms with E-state index in [1.807, 2.05) is 0 Å². The van der Waals surface area contributed by atoms with Gasteiger partial charge in [0.05, 0.1) is 6.73 Å². The lowest BCUT2D eigenvalue weighted by Crippen LogP contribution is -2.17. The van der Waals surface area contributed by atoms with Crippen molar-refractivity contribution in [1.82, 2.24) is 5.32 Å². The first kappa shape index (κ1) is 7.62. The third-order valence-corrected chi connectivity index (χ3v) is 0.584. The SMILES string of the molecule is C=CCNCOCO. The highest BCUT2D eigenvalue weighted by Gasteiger charge is 1.77. The summed E-state index contributed by atoms with van der Waals surface area (Å²) in [4.78, 5) is 0. The first-order valence-electron chi connectivity index (χ1n) is 2.42. The van der Waals surface area contributed by atoms with Crippen LogP contribution < -0.4 is 5.32 Å². The van der Waals surface area contributed by atoms with Crippen molar-refractivity contribution >= 4 is 0 Å². The maximum atomic E-state index is 8.08. The second kappa shape index (κ2) is 6.62. The molecule has 0 aliphatic carbocycles. The van der Waals surface area contributed by atoms with E-state index in [1.165, 1.54) is 0 Å². The molecule has 0 bridgehead atoms. The van der Waals surface area contributed by atoms with Crippen LogP contribution in [0.15, 0.2) is 12.7 Å². The molecule has 0 aromatic rings. The molecule has 3 nitrogen and oxygen atoms in total. The zero-order valence-corrected chi connectivity index (χ0v) is 4.76. The highest BCUT2D eigenvalue weighted by Crippen LogP contribution is 1.64. The lowest BCUT2D eigenvalue weighted by molar-refractivity contribution is -0.00871. The first-order valence-corrected chi connectivity index (χ1v) is 2.42. The molecule has 0 aromatic carbocycles. The Bertz CT molecular complexity index is 56.4. The van der Waals surface area contributed by atoms with E-state index in [2.05, 4.69) is 16.6 Å². The van der Waals surface area contributed by atoms with Gasteiger partial charge in [0.1, 0.15) is 6.79 Å². The predicted molar refractivity (Wildman–Crippen MR) is 31.2 cm³/mol. The third kappa shape index (κ3) is 5.62. The molecule has 0 amide bonds. The molecule has 0 atom stereocenters. The van der Waals surface area contributed by atoms with Gasteiger partial charge in [-0.2, -0.15) is 0 Å². The number of hydrogen-bond acceptors (Lipinski definition) is 3. The topological polar surface area (TPSA) is 41.5 Å². The summed E-state index contributed by atoms with van der Waals surface area (Å²) >= 11 is 0. The molecule has 0 radical (unpaired) electrons. The number of ether oxygens (including phenoxy) is 1. The Hall–Kier alpha value is -0.380. The first-order chi connectivity index (χ1) is 3.91. The van der Waals surface area contributed by atoms with Crippen LogP contribution in [0, 0.1) is 0 Å². The molecule has 8 heavy (non-hydrogen) atoms. The van der Waals surface area contributed by atoms with Gasteiger partial charge in [-0.3, -0.25) is 5.32 Å². The molecule has 0 aliphatic heterocycles. The molecular formula is C5H11NO2. The van der Waals surface area contributed by atoms with Crippen LogP contribution >= 0.6 is 0 Å². The van der Waals surface area contributed by atoms with E-state index in [0.717, 1.165) is 0 Å². The second-order valence-corrected chi connectivity index (χ2v) is 1.22. The molecule has 2 N–H and O–H groups in total. The van der Waals surface area contributed by atoms with Gasteiger partial charge in [0.2, 0.25) is 0 Å². The van der Waals surface area contributed by atoms with Crippen molar-refractivity contribution in [3.63, 3.8) is 0 Å². The van der Waals surface area contributed by atoms with E-state index < -0.39 is 0 Å². The van der Waals surface area contributed by atoms with Gasteiger partial charge in [0, 0.05) is 6.54 Å². The van der Waals surface area contributed by atoms with Crippen molar-refractivity contribution < 1.29 is 9.84 Å². The fourth-order valence-electron chi connectivity index (χ4n) is 0.279. The molecule has 0 saturated carbocycles. The summed E-state index contributed by atoms with van der Waals surface area (Å²) in [7, 11) is 0. The molecule has 0 unspecified atom stereocenters. The number of aliphatic hydroxyl groups excluding tert-OH is 1. The molecule has 0 rings (SSSR count). The van der Waals surface area contributed by atoms with E-state index in [-0.39, 0.29) is 6.79 Å². The minimum atomic E-state index is -0.232. The summed E-state index contributed by atoms with van der Waals surface area (Å²) in [6.07, 6.45) is 1.72. The number of rotatable bonds is 5. The number of aliphatic hydroxyl groups is 1. The maximum Gasteiger partial charge on any atom is 0.145 e. The second-order valence-electron chi connectivity index (χ2n) is 1.22. The van der Waals surface area contributed by atoms with Crippen molar-refractivity contribution in [2.45, 2.75) is 0 Å². The van der Waals surface area contributed by atoms with Gasteiger partial charge in [0.25, 0.3) is 0 Å². The third-order valence-electron chi connectivity index (χ3n) is 0.584. The average Bonchev–Trinajstić information content (AvgIpc) is 1.81. The minimum Gasteiger partial charge on any atom is -0.371 e. The maximum absolute atomic E-state index is 8.08. The summed E-state index contributed by atoms with van der Waals surface area (Å²) in [6, 6.07) is 0. The van der Waals surface area contributed by atoms with E-state index in [4.69, 9.17) is 5.11 Å². The fourth-order valence-corrected chi connectivity index (χ4v) is 0.279. The molecule has 0 saturated heterocycles. The lowest BCUT2D eigenvalue weighted by atomic mass is 10.6. The van der Waals surface area contributed by atoms with Gasteiger partial charge < -0.3 is 9.84 Å². The highest BCUT2D eigenvalue weighted by atomic mass is 16.6. The molecule has 0 fully saturated rings. The Morgan fingerprint density at radius 3 is 3.00 bits per heavy atom. The molecule has 0 heterocycles. The standard InChI is InChI=1S/C5H11NO2/c1-2-3-6-4-8-5-7/h2,6-7H,1,3-5H2. The van der Waals surface area contributed by atoms with Gasteiger partial charge in [0.15, 0.2) is 0 Å². The lowest BCUT2D eigenvalue weighted by Gasteiger charge is -1.98. The average molecular weight is 117 g/mol. The highest BCUT2D eigenvalue weighted by molar-refractivity contribution is 4.67. The summed E-state index contributed by atoms with van der Waals surface area (Å²) < 4.78 is 4.53. The molecule has 0 aliphatic rings.